The Morgan fingerprint density at radius 1 is 0.967 bits per heavy atom. The number of rotatable bonds is 7. The number of hydrogen-bond donors (Lipinski definition) is 2. The van der Waals surface area contributed by atoms with Gasteiger partial charge in [-0.25, -0.2) is 9.37 Å². The zero-order valence-corrected chi connectivity index (χ0v) is 17.0. The summed E-state index contributed by atoms with van der Waals surface area (Å²) < 4.78 is 18.6. The number of aryl methyl sites for hydroxylation is 1. The average molecular weight is 422 g/mol. The molecule has 2 heterocycles. The molecule has 0 fully saturated rings. The van der Waals surface area contributed by atoms with Crippen LogP contribution in [0.3, 0.4) is 0 Å². The third-order valence-electron chi connectivity index (χ3n) is 4.13. The lowest BCUT2D eigenvalue weighted by atomic mass is 10.1. The molecule has 30 heavy (non-hydrogen) atoms. The van der Waals surface area contributed by atoms with E-state index in [-0.39, 0.29) is 11.8 Å². The molecule has 9 heteroatoms. The lowest BCUT2D eigenvalue weighted by Crippen LogP contribution is -2.06. The Bertz CT molecular complexity index is 1130. The van der Waals surface area contributed by atoms with Crippen molar-refractivity contribution >= 4 is 29.3 Å². The molecule has 0 spiro atoms. The van der Waals surface area contributed by atoms with E-state index >= 15 is 0 Å². The Balaban J connectivity index is 1.36. The van der Waals surface area contributed by atoms with Crippen molar-refractivity contribution in [2.24, 2.45) is 0 Å². The first kappa shape index (κ1) is 19.8. The molecule has 0 saturated heterocycles. The second-order valence-electron chi connectivity index (χ2n) is 6.57. The van der Waals surface area contributed by atoms with E-state index in [0.717, 1.165) is 11.3 Å². The highest BCUT2D eigenvalue weighted by Gasteiger charge is 2.09. The first-order valence-corrected chi connectivity index (χ1v) is 10.3. The summed E-state index contributed by atoms with van der Waals surface area (Å²) in [6.45, 7) is 2.04. The fraction of sp³-hybridized carbons (Fsp3) is 0.143. The number of nitrogen functional groups attached to an aromatic ring is 1. The first-order valence-electron chi connectivity index (χ1n) is 9.17. The number of oxazole rings is 1. The largest absolute Gasteiger partial charge is 0.444 e. The monoisotopic (exact) mass is 422 g/mol. The summed E-state index contributed by atoms with van der Waals surface area (Å²) in [5.74, 6) is 2.42. The lowest BCUT2D eigenvalue weighted by Gasteiger charge is -2.07. The molecule has 7 nitrogen and oxygen atoms in total. The number of halogens is 1. The number of nitrogens with zero attached hydrogens (tertiary/aromatic N) is 4. The predicted molar refractivity (Wildman–Crippen MR) is 116 cm³/mol. The van der Waals surface area contributed by atoms with E-state index in [9.17, 15) is 4.39 Å². The van der Waals surface area contributed by atoms with Gasteiger partial charge in [-0.1, -0.05) is 17.7 Å². The second kappa shape index (κ2) is 8.91. The number of anilines is 3. The molecule has 0 amide bonds. The fourth-order valence-corrected chi connectivity index (χ4v) is 3.43. The van der Waals surface area contributed by atoms with Crippen LogP contribution >= 0.6 is 11.8 Å². The van der Waals surface area contributed by atoms with Gasteiger partial charge in [-0.15, -0.1) is 11.8 Å². The van der Waals surface area contributed by atoms with Gasteiger partial charge in [-0.3, -0.25) is 0 Å². The van der Waals surface area contributed by atoms with Crippen molar-refractivity contribution in [1.82, 2.24) is 19.9 Å². The fourth-order valence-electron chi connectivity index (χ4n) is 2.67. The lowest BCUT2D eigenvalue weighted by molar-refractivity contribution is 0.573. The van der Waals surface area contributed by atoms with Crippen LogP contribution in [-0.4, -0.2) is 19.9 Å². The minimum Gasteiger partial charge on any atom is -0.444 e. The number of hydrogen-bond acceptors (Lipinski definition) is 8. The molecule has 2 aromatic heterocycles. The van der Waals surface area contributed by atoms with Gasteiger partial charge in [0.05, 0.1) is 11.4 Å². The van der Waals surface area contributed by atoms with E-state index in [4.69, 9.17) is 10.2 Å². The number of nitrogens with one attached hydrogen (secondary N) is 1. The van der Waals surface area contributed by atoms with Gasteiger partial charge in [-0.05, 0) is 43.3 Å². The third-order valence-corrected chi connectivity index (χ3v) is 5.09. The van der Waals surface area contributed by atoms with Gasteiger partial charge in [0.15, 0.2) is 0 Å². The minimum atomic E-state index is -0.314. The van der Waals surface area contributed by atoms with Crippen molar-refractivity contribution < 1.29 is 8.81 Å². The molecule has 4 aromatic rings. The summed E-state index contributed by atoms with van der Waals surface area (Å²) in [5, 5.41) is 3.00. The summed E-state index contributed by atoms with van der Waals surface area (Å²) in [6.07, 6.45) is 1.66. The molecule has 152 valence electrons. The maximum absolute atomic E-state index is 13.0. The van der Waals surface area contributed by atoms with Gasteiger partial charge in [0.1, 0.15) is 17.9 Å². The Hall–Kier alpha value is -3.46. The van der Waals surface area contributed by atoms with Crippen molar-refractivity contribution in [3.8, 4) is 11.5 Å². The molecule has 0 aliphatic heterocycles. The van der Waals surface area contributed by atoms with Crippen LogP contribution in [0.25, 0.3) is 11.5 Å². The molecular weight excluding hydrogens is 403 g/mol. The second-order valence-corrected chi connectivity index (χ2v) is 7.55. The summed E-state index contributed by atoms with van der Waals surface area (Å²) in [5.41, 5.74) is 9.42. The molecule has 0 aliphatic rings. The zero-order chi connectivity index (χ0) is 20.9. The van der Waals surface area contributed by atoms with Crippen LogP contribution in [0.2, 0.25) is 0 Å². The molecule has 0 atom stereocenters. The predicted octanol–water partition coefficient (Wildman–Crippen LogP) is 4.73. The smallest absolute Gasteiger partial charge is 0.232 e. The standard InChI is InChI=1S/C21H19FN6OS/c1-13-2-4-14(5-3-13)19-24-17(10-29-19)11-30-12-18-26-20(23)28-21(27-18)25-16-8-6-15(22)7-9-16/h2-10H,11-12H2,1H3,(H3,23,25,26,27,28). The van der Waals surface area contributed by atoms with E-state index < -0.39 is 0 Å². The normalized spacial score (nSPS) is 10.9. The molecule has 0 saturated carbocycles. The molecule has 0 bridgehead atoms. The third kappa shape index (κ3) is 5.12. The van der Waals surface area contributed by atoms with Crippen molar-refractivity contribution in [2.75, 3.05) is 11.1 Å². The topological polar surface area (TPSA) is 103 Å². The quantitative estimate of drug-likeness (QED) is 0.440. The van der Waals surface area contributed by atoms with Gasteiger partial charge in [0.2, 0.25) is 17.8 Å². The Labute approximate surface area is 177 Å². The highest BCUT2D eigenvalue weighted by atomic mass is 32.2. The maximum atomic E-state index is 13.0. The molecule has 0 unspecified atom stereocenters. The van der Waals surface area contributed by atoms with E-state index in [0.29, 0.717) is 34.9 Å². The Morgan fingerprint density at radius 3 is 2.50 bits per heavy atom. The number of aromatic nitrogens is 4. The SMILES string of the molecule is Cc1ccc(-c2nc(CSCc3nc(N)nc(Nc4ccc(F)cc4)n3)co2)cc1. The first-order chi connectivity index (χ1) is 14.5. The van der Waals surface area contributed by atoms with E-state index in [2.05, 4.69) is 25.3 Å². The van der Waals surface area contributed by atoms with Crippen LogP contribution in [0.5, 0.6) is 0 Å². The van der Waals surface area contributed by atoms with Gasteiger partial charge < -0.3 is 15.5 Å². The molecule has 4 rings (SSSR count). The van der Waals surface area contributed by atoms with E-state index in [1.54, 1.807) is 30.2 Å². The summed E-state index contributed by atoms with van der Waals surface area (Å²) in [7, 11) is 0. The Morgan fingerprint density at radius 2 is 1.73 bits per heavy atom. The van der Waals surface area contributed by atoms with Gasteiger partial charge in [0.25, 0.3) is 0 Å². The molecule has 2 aromatic carbocycles. The van der Waals surface area contributed by atoms with E-state index in [1.165, 1.54) is 17.7 Å². The van der Waals surface area contributed by atoms with Gasteiger partial charge in [0, 0.05) is 17.0 Å². The van der Waals surface area contributed by atoms with Crippen LogP contribution in [-0.2, 0) is 11.5 Å². The highest BCUT2D eigenvalue weighted by Crippen LogP contribution is 2.23. The van der Waals surface area contributed by atoms with Crippen molar-refractivity contribution in [2.45, 2.75) is 18.4 Å². The minimum absolute atomic E-state index is 0.119. The number of nitrogens with two attached hydrogens (primary N) is 1. The van der Waals surface area contributed by atoms with Crippen LogP contribution in [0, 0.1) is 12.7 Å². The van der Waals surface area contributed by atoms with Crippen LogP contribution in [0.1, 0.15) is 17.1 Å². The van der Waals surface area contributed by atoms with E-state index in [1.807, 2.05) is 31.2 Å². The number of benzene rings is 2. The molecule has 0 aliphatic carbocycles. The number of thioether (sulfide) groups is 1. The van der Waals surface area contributed by atoms with Gasteiger partial charge in [-0.2, -0.15) is 15.0 Å². The Kier molecular flexibility index (Phi) is 5.89. The molecule has 3 N–H and O–H groups in total. The van der Waals surface area contributed by atoms with Crippen LogP contribution in [0.15, 0.2) is 59.2 Å². The molecule has 0 radical (unpaired) electrons. The molecular formula is C21H19FN6OS. The maximum Gasteiger partial charge on any atom is 0.232 e. The van der Waals surface area contributed by atoms with Gasteiger partial charge >= 0.3 is 0 Å². The summed E-state index contributed by atoms with van der Waals surface area (Å²) in [6, 6.07) is 13.9. The van der Waals surface area contributed by atoms with Crippen molar-refractivity contribution in [1.29, 1.82) is 0 Å². The van der Waals surface area contributed by atoms with Crippen LogP contribution in [0.4, 0.5) is 22.0 Å². The van der Waals surface area contributed by atoms with Crippen molar-refractivity contribution in [3.05, 3.63) is 77.7 Å². The summed E-state index contributed by atoms with van der Waals surface area (Å²) >= 11 is 1.59. The van der Waals surface area contributed by atoms with Crippen molar-refractivity contribution in [3.63, 3.8) is 0 Å². The zero-order valence-electron chi connectivity index (χ0n) is 16.2. The highest BCUT2D eigenvalue weighted by molar-refractivity contribution is 7.97. The summed E-state index contributed by atoms with van der Waals surface area (Å²) in [4.78, 5) is 17.2. The average Bonchev–Trinajstić information content (AvgIpc) is 3.19. The van der Waals surface area contributed by atoms with Crippen LogP contribution < -0.4 is 11.1 Å².